The minimum Gasteiger partial charge on any atom is -0.326 e. The highest BCUT2D eigenvalue weighted by molar-refractivity contribution is 7.90. The van der Waals surface area contributed by atoms with Crippen LogP contribution in [-0.4, -0.2) is 26.1 Å². The lowest BCUT2D eigenvalue weighted by Crippen LogP contribution is -2.31. The zero-order valence-corrected chi connectivity index (χ0v) is 18.0. The summed E-state index contributed by atoms with van der Waals surface area (Å²) in [5.74, 6) is -0.0514. The summed E-state index contributed by atoms with van der Waals surface area (Å²) in [6.07, 6.45) is 1.64. The summed E-state index contributed by atoms with van der Waals surface area (Å²) >= 11 is 1.71. The van der Waals surface area contributed by atoms with Gasteiger partial charge in [-0.3, -0.25) is 4.79 Å². The summed E-state index contributed by atoms with van der Waals surface area (Å²) in [5, 5.41) is 4.63. The number of hydrogen-bond acceptors (Lipinski definition) is 4. The van der Waals surface area contributed by atoms with E-state index in [0.29, 0.717) is 25.8 Å². The standard InChI is InChI=1S/C20H28N2O3S2/c1-14(2)27(24,25)21-10-6-5-7-20(23)22-18-9-8-17(12-16(18)4)19-11-15(3)13-26-19/h8-9,11-14,21H,5-7,10H2,1-4H3,(H,22,23). The maximum atomic E-state index is 12.1. The molecule has 0 spiro atoms. The first-order valence-electron chi connectivity index (χ1n) is 9.13. The van der Waals surface area contributed by atoms with Crippen molar-refractivity contribution in [3.05, 3.63) is 40.8 Å². The number of unbranched alkanes of at least 4 members (excludes halogenated alkanes) is 1. The molecule has 0 aliphatic rings. The van der Waals surface area contributed by atoms with Gasteiger partial charge in [-0.2, -0.15) is 0 Å². The van der Waals surface area contributed by atoms with E-state index in [1.807, 2.05) is 19.1 Å². The van der Waals surface area contributed by atoms with Gasteiger partial charge in [0.1, 0.15) is 0 Å². The third-order valence-electron chi connectivity index (χ3n) is 4.27. The summed E-state index contributed by atoms with van der Waals surface area (Å²) in [6, 6.07) is 8.20. The van der Waals surface area contributed by atoms with Crippen molar-refractivity contribution < 1.29 is 13.2 Å². The molecule has 148 valence electrons. The van der Waals surface area contributed by atoms with E-state index in [-0.39, 0.29) is 5.91 Å². The Morgan fingerprint density at radius 2 is 1.89 bits per heavy atom. The van der Waals surface area contributed by atoms with Crippen molar-refractivity contribution in [2.45, 2.75) is 52.2 Å². The highest BCUT2D eigenvalue weighted by Gasteiger charge is 2.14. The Balaban J connectivity index is 1.80. The number of amides is 1. The molecular weight excluding hydrogens is 380 g/mol. The van der Waals surface area contributed by atoms with Gasteiger partial charge in [-0.25, -0.2) is 13.1 Å². The van der Waals surface area contributed by atoms with E-state index in [0.717, 1.165) is 16.8 Å². The monoisotopic (exact) mass is 408 g/mol. The van der Waals surface area contributed by atoms with Gasteiger partial charge in [0.05, 0.1) is 5.25 Å². The van der Waals surface area contributed by atoms with Crippen LogP contribution in [0.2, 0.25) is 0 Å². The molecule has 1 aromatic heterocycles. The lowest BCUT2D eigenvalue weighted by Gasteiger charge is -2.11. The maximum absolute atomic E-state index is 12.1. The molecule has 0 bridgehead atoms. The van der Waals surface area contributed by atoms with E-state index in [2.05, 4.69) is 34.5 Å². The highest BCUT2D eigenvalue weighted by atomic mass is 32.2. The zero-order chi connectivity index (χ0) is 20.0. The summed E-state index contributed by atoms with van der Waals surface area (Å²) in [7, 11) is -3.23. The molecule has 0 aliphatic carbocycles. The Bertz CT molecular complexity index is 886. The lowest BCUT2D eigenvalue weighted by molar-refractivity contribution is -0.116. The van der Waals surface area contributed by atoms with Crippen molar-refractivity contribution in [3.63, 3.8) is 0 Å². The van der Waals surface area contributed by atoms with Gasteiger partial charge in [0.2, 0.25) is 15.9 Å². The van der Waals surface area contributed by atoms with Gasteiger partial charge in [-0.15, -0.1) is 11.3 Å². The summed E-state index contributed by atoms with van der Waals surface area (Å²) < 4.78 is 25.9. The molecule has 2 aromatic rings. The van der Waals surface area contributed by atoms with Crippen LogP contribution in [0.5, 0.6) is 0 Å². The first kappa shape index (κ1) is 21.6. The van der Waals surface area contributed by atoms with Crippen LogP contribution in [0.3, 0.4) is 0 Å². The van der Waals surface area contributed by atoms with Crippen LogP contribution in [0.4, 0.5) is 5.69 Å². The number of rotatable bonds is 9. The molecule has 0 radical (unpaired) electrons. The van der Waals surface area contributed by atoms with Crippen molar-refractivity contribution in [2.24, 2.45) is 0 Å². The molecule has 0 saturated carbocycles. The molecule has 0 unspecified atom stereocenters. The minimum atomic E-state index is -3.23. The largest absolute Gasteiger partial charge is 0.326 e. The Morgan fingerprint density at radius 1 is 1.15 bits per heavy atom. The quantitative estimate of drug-likeness (QED) is 0.601. The Kier molecular flexibility index (Phi) is 7.59. The van der Waals surface area contributed by atoms with Crippen LogP contribution in [0.15, 0.2) is 29.6 Å². The van der Waals surface area contributed by atoms with Crippen molar-refractivity contribution in [2.75, 3.05) is 11.9 Å². The average molecular weight is 409 g/mol. The van der Waals surface area contributed by atoms with Crippen LogP contribution in [0.1, 0.15) is 44.2 Å². The Hall–Kier alpha value is -1.70. The molecule has 2 rings (SSSR count). The van der Waals surface area contributed by atoms with Gasteiger partial charge in [0, 0.05) is 23.5 Å². The first-order valence-corrected chi connectivity index (χ1v) is 11.6. The zero-order valence-electron chi connectivity index (χ0n) is 16.3. The van der Waals surface area contributed by atoms with E-state index in [4.69, 9.17) is 0 Å². The molecule has 0 fully saturated rings. The van der Waals surface area contributed by atoms with Crippen LogP contribution in [0, 0.1) is 13.8 Å². The fourth-order valence-corrected chi connectivity index (χ4v) is 4.20. The third-order valence-corrected chi connectivity index (χ3v) is 7.21. The highest BCUT2D eigenvalue weighted by Crippen LogP contribution is 2.29. The normalized spacial score (nSPS) is 11.7. The number of thiophene rings is 1. The van der Waals surface area contributed by atoms with Gasteiger partial charge < -0.3 is 5.32 Å². The van der Waals surface area contributed by atoms with Crippen LogP contribution < -0.4 is 10.0 Å². The second-order valence-corrected chi connectivity index (χ2v) is 10.2. The van der Waals surface area contributed by atoms with Crippen molar-refractivity contribution in [1.82, 2.24) is 4.72 Å². The van der Waals surface area contributed by atoms with E-state index in [9.17, 15) is 13.2 Å². The van der Waals surface area contributed by atoms with Crippen molar-refractivity contribution in [3.8, 4) is 10.4 Å². The van der Waals surface area contributed by atoms with Crippen LogP contribution in [-0.2, 0) is 14.8 Å². The second kappa shape index (κ2) is 9.48. The van der Waals surface area contributed by atoms with Crippen LogP contribution in [0.25, 0.3) is 10.4 Å². The van der Waals surface area contributed by atoms with Gasteiger partial charge in [-0.05, 0) is 80.8 Å². The molecule has 1 aromatic carbocycles. The van der Waals surface area contributed by atoms with Gasteiger partial charge in [0.15, 0.2) is 0 Å². The molecule has 1 heterocycles. The molecule has 2 N–H and O–H groups in total. The molecule has 0 aliphatic heterocycles. The number of sulfonamides is 1. The molecule has 5 nitrogen and oxygen atoms in total. The van der Waals surface area contributed by atoms with Crippen molar-refractivity contribution in [1.29, 1.82) is 0 Å². The van der Waals surface area contributed by atoms with Gasteiger partial charge in [0.25, 0.3) is 0 Å². The summed E-state index contributed by atoms with van der Waals surface area (Å²) in [5.41, 5.74) is 4.25. The fourth-order valence-electron chi connectivity index (χ4n) is 2.54. The number of nitrogens with one attached hydrogen (secondary N) is 2. The number of hydrogen-bond donors (Lipinski definition) is 2. The van der Waals surface area contributed by atoms with E-state index in [1.165, 1.54) is 10.4 Å². The molecular formula is C20H28N2O3S2. The predicted molar refractivity (Wildman–Crippen MR) is 114 cm³/mol. The number of carbonyl (C=O) groups excluding carboxylic acids is 1. The topological polar surface area (TPSA) is 75.3 Å². The first-order chi connectivity index (χ1) is 12.7. The Morgan fingerprint density at radius 3 is 2.48 bits per heavy atom. The average Bonchev–Trinajstić information content (AvgIpc) is 3.02. The van der Waals surface area contributed by atoms with Crippen LogP contribution >= 0.6 is 11.3 Å². The lowest BCUT2D eigenvalue weighted by atomic mass is 10.1. The number of aryl methyl sites for hydroxylation is 2. The summed E-state index contributed by atoms with van der Waals surface area (Å²) in [6.45, 7) is 7.71. The molecule has 7 heteroatoms. The second-order valence-electron chi connectivity index (χ2n) is 7.01. The molecule has 1 amide bonds. The molecule has 27 heavy (non-hydrogen) atoms. The summed E-state index contributed by atoms with van der Waals surface area (Å²) in [4.78, 5) is 13.4. The van der Waals surface area contributed by atoms with Gasteiger partial charge in [-0.1, -0.05) is 6.07 Å². The smallest absolute Gasteiger partial charge is 0.224 e. The third kappa shape index (κ3) is 6.45. The SMILES string of the molecule is Cc1csc(-c2ccc(NC(=O)CCCCNS(=O)(=O)C(C)C)c(C)c2)c1. The molecule has 0 saturated heterocycles. The van der Waals surface area contributed by atoms with E-state index >= 15 is 0 Å². The maximum Gasteiger partial charge on any atom is 0.224 e. The number of anilines is 1. The number of carbonyl (C=O) groups is 1. The minimum absolute atomic E-state index is 0.0514. The van der Waals surface area contributed by atoms with Gasteiger partial charge >= 0.3 is 0 Å². The van der Waals surface area contributed by atoms with E-state index < -0.39 is 15.3 Å². The number of benzene rings is 1. The fraction of sp³-hybridized carbons (Fsp3) is 0.450. The van der Waals surface area contributed by atoms with Crippen molar-refractivity contribution >= 4 is 33.0 Å². The van der Waals surface area contributed by atoms with E-state index in [1.54, 1.807) is 25.2 Å². The Labute approximate surface area is 166 Å². The predicted octanol–water partition coefficient (Wildman–Crippen LogP) is 4.47. The molecule has 0 atom stereocenters.